The maximum atomic E-state index is 12.9. The van der Waals surface area contributed by atoms with Crippen LogP contribution in [-0.4, -0.2) is 29.9 Å². The predicted molar refractivity (Wildman–Crippen MR) is 68.6 cm³/mol. The first-order chi connectivity index (χ1) is 8.61. The summed E-state index contributed by atoms with van der Waals surface area (Å²) in [5.41, 5.74) is 6.52. The second-order valence-electron chi connectivity index (χ2n) is 4.92. The third-order valence-corrected chi connectivity index (χ3v) is 3.59. The van der Waals surface area contributed by atoms with Crippen molar-refractivity contribution in [3.8, 4) is 0 Å². The fourth-order valence-corrected chi connectivity index (χ4v) is 2.62. The van der Waals surface area contributed by atoms with Gasteiger partial charge in [0.2, 0.25) is 5.91 Å². The maximum absolute atomic E-state index is 12.9. The van der Waals surface area contributed by atoms with Crippen LogP contribution in [0.2, 0.25) is 0 Å². The number of carbonyl (C=O) groups is 1. The van der Waals surface area contributed by atoms with E-state index in [9.17, 15) is 9.18 Å². The number of amides is 1. The standard InChI is InChI=1S/C14H19FN2O/c1-10-8-12(9-17(10)14(18)6-7-16)11-2-4-13(15)5-3-11/h2-5,10,12H,6-9,16H2,1H3/t10-,12-/m1/s1. The molecule has 0 saturated carbocycles. The van der Waals surface area contributed by atoms with E-state index in [2.05, 4.69) is 6.92 Å². The summed E-state index contributed by atoms with van der Waals surface area (Å²) < 4.78 is 12.9. The topological polar surface area (TPSA) is 46.3 Å². The summed E-state index contributed by atoms with van der Waals surface area (Å²) in [6.07, 6.45) is 1.34. The summed E-state index contributed by atoms with van der Waals surface area (Å²) in [6, 6.07) is 6.81. The number of nitrogens with two attached hydrogens (primary N) is 1. The van der Waals surface area contributed by atoms with Gasteiger partial charge in [-0.15, -0.1) is 0 Å². The highest BCUT2D eigenvalue weighted by Crippen LogP contribution is 2.31. The summed E-state index contributed by atoms with van der Waals surface area (Å²) in [4.78, 5) is 13.8. The molecule has 1 fully saturated rings. The first kappa shape index (κ1) is 13.0. The van der Waals surface area contributed by atoms with E-state index < -0.39 is 0 Å². The van der Waals surface area contributed by atoms with Gasteiger partial charge in [0, 0.05) is 31.5 Å². The van der Waals surface area contributed by atoms with E-state index in [1.165, 1.54) is 12.1 Å². The van der Waals surface area contributed by atoms with E-state index in [1.54, 1.807) is 0 Å². The Balaban J connectivity index is 2.06. The molecule has 1 aliphatic rings. The molecule has 3 nitrogen and oxygen atoms in total. The molecule has 0 aromatic heterocycles. The minimum absolute atomic E-state index is 0.120. The van der Waals surface area contributed by atoms with Crippen LogP contribution in [0.15, 0.2) is 24.3 Å². The molecule has 0 unspecified atom stereocenters. The number of benzene rings is 1. The number of hydrogen-bond acceptors (Lipinski definition) is 2. The number of carbonyl (C=O) groups excluding carboxylic acids is 1. The molecule has 1 amide bonds. The lowest BCUT2D eigenvalue weighted by Gasteiger charge is -2.21. The highest BCUT2D eigenvalue weighted by molar-refractivity contribution is 5.77. The van der Waals surface area contributed by atoms with Gasteiger partial charge in [0.25, 0.3) is 0 Å². The fraction of sp³-hybridized carbons (Fsp3) is 0.500. The molecule has 2 rings (SSSR count). The molecule has 0 radical (unpaired) electrons. The van der Waals surface area contributed by atoms with Gasteiger partial charge in [-0.25, -0.2) is 4.39 Å². The predicted octanol–water partition coefficient (Wildman–Crippen LogP) is 1.88. The largest absolute Gasteiger partial charge is 0.339 e. The van der Waals surface area contributed by atoms with Crippen LogP contribution in [0, 0.1) is 5.82 Å². The molecular weight excluding hydrogens is 231 g/mol. The van der Waals surface area contributed by atoms with E-state index in [0.717, 1.165) is 12.0 Å². The molecule has 1 aromatic rings. The number of hydrogen-bond donors (Lipinski definition) is 1. The van der Waals surface area contributed by atoms with E-state index in [1.807, 2.05) is 17.0 Å². The molecule has 1 heterocycles. The Kier molecular flexibility index (Phi) is 3.97. The zero-order valence-corrected chi connectivity index (χ0v) is 10.6. The summed E-state index contributed by atoms with van der Waals surface area (Å²) in [7, 11) is 0. The SMILES string of the molecule is C[C@@H]1C[C@@H](c2ccc(F)cc2)CN1C(=O)CCN. The van der Waals surface area contributed by atoms with Crippen molar-refractivity contribution in [1.29, 1.82) is 0 Å². The van der Waals surface area contributed by atoms with Crippen LogP contribution in [-0.2, 0) is 4.79 Å². The molecule has 1 aromatic carbocycles. The van der Waals surface area contributed by atoms with Gasteiger partial charge in [-0.2, -0.15) is 0 Å². The Morgan fingerprint density at radius 3 is 2.72 bits per heavy atom. The Hall–Kier alpha value is -1.42. The molecule has 0 aliphatic carbocycles. The minimum atomic E-state index is -0.221. The van der Waals surface area contributed by atoms with Crippen molar-refractivity contribution in [2.24, 2.45) is 5.73 Å². The first-order valence-corrected chi connectivity index (χ1v) is 6.37. The number of likely N-dealkylation sites (tertiary alicyclic amines) is 1. The van der Waals surface area contributed by atoms with Gasteiger partial charge >= 0.3 is 0 Å². The van der Waals surface area contributed by atoms with Crippen LogP contribution >= 0.6 is 0 Å². The van der Waals surface area contributed by atoms with Gasteiger partial charge in [-0.3, -0.25) is 4.79 Å². The van der Waals surface area contributed by atoms with E-state index >= 15 is 0 Å². The van der Waals surface area contributed by atoms with Gasteiger partial charge in [-0.05, 0) is 31.0 Å². The van der Waals surface area contributed by atoms with Crippen LogP contribution in [0.1, 0.15) is 31.2 Å². The van der Waals surface area contributed by atoms with Crippen LogP contribution in [0.3, 0.4) is 0 Å². The molecule has 4 heteroatoms. The van der Waals surface area contributed by atoms with Crippen LogP contribution < -0.4 is 5.73 Å². The Morgan fingerprint density at radius 2 is 2.11 bits per heavy atom. The lowest BCUT2D eigenvalue weighted by molar-refractivity contribution is -0.131. The van der Waals surface area contributed by atoms with E-state index in [-0.39, 0.29) is 17.8 Å². The lowest BCUT2D eigenvalue weighted by atomic mass is 9.97. The average molecular weight is 250 g/mol. The molecule has 2 N–H and O–H groups in total. The fourth-order valence-electron chi connectivity index (χ4n) is 2.62. The van der Waals surface area contributed by atoms with Crippen LogP contribution in [0.4, 0.5) is 4.39 Å². The highest BCUT2D eigenvalue weighted by atomic mass is 19.1. The summed E-state index contributed by atoms with van der Waals surface area (Å²) in [5.74, 6) is 0.206. The normalized spacial score (nSPS) is 23.4. The minimum Gasteiger partial charge on any atom is -0.339 e. The van der Waals surface area contributed by atoms with Gasteiger partial charge < -0.3 is 10.6 Å². The van der Waals surface area contributed by atoms with Crippen molar-refractivity contribution in [2.45, 2.75) is 31.7 Å². The van der Waals surface area contributed by atoms with Crippen LogP contribution in [0.25, 0.3) is 0 Å². The van der Waals surface area contributed by atoms with Crippen molar-refractivity contribution in [2.75, 3.05) is 13.1 Å². The summed E-state index contributed by atoms with van der Waals surface area (Å²) in [5, 5.41) is 0. The first-order valence-electron chi connectivity index (χ1n) is 6.37. The van der Waals surface area contributed by atoms with Crippen molar-refractivity contribution in [3.63, 3.8) is 0 Å². The Bertz CT molecular complexity index is 418. The van der Waals surface area contributed by atoms with Gasteiger partial charge in [0.1, 0.15) is 5.82 Å². The second-order valence-corrected chi connectivity index (χ2v) is 4.92. The molecule has 1 saturated heterocycles. The zero-order valence-electron chi connectivity index (χ0n) is 10.6. The number of rotatable bonds is 3. The van der Waals surface area contributed by atoms with Crippen molar-refractivity contribution >= 4 is 5.91 Å². The molecular formula is C14H19FN2O. The Labute approximate surface area is 107 Å². The monoisotopic (exact) mass is 250 g/mol. The van der Waals surface area contributed by atoms with Gasteiger partial charge in [-0.1, -0.05) is 12.1 Å². The van der Waals surface area contributed by atoms with Gasteiger partial charge in [0.15, 0.2) is 0 Å². The van der Waals surface area contributed by atoms with E-state index in [4.69, 9.17) is 5.73 Å². The molecule has 98 valence electrons. The molecule has 0 spiro atoms. The summed E-state index contributed by atoms with van der Waals surface area (Å²) >= 11 is 0. The molecule has 1 aliphatic heterocycles. The van der Waals surface area contributed by atoms with Crippen molar-refractivity contribution in [3.05, 3.63) is 35.6 Å². The molecule has 2 atom stereocenters. The highest BCUT2D eigenvalue weighted by Gasteiger charge is 2.32. The van der Waals surface area contributed by atoms with Gasteiger partial charge in [0.05, 0.1) is 0 Å². The number of nitrogens with zero attached hydrogens (tertiary/aromatic N) is 1. The van der Waals surface area contributed by atoms with E-state index in [0.29, 0.717) is 25.4 Å². The zero-order chi connectivity index (χ0) is 13.1. The lowest BCUT2D eigenvalue weighted by Crippen LogP contribution is -2.35. The maximum Gasteiger partial charge on any atom is 0.224 e. The molecule has 18 heavy (non-hydrogen) atoms. The number of halogens is 1. The third-order valence-electron chi connectivity index (χ3n) is 3.59. The third kappa shape index (κ3) is 2.70. The average Bonchev–Trinajstić information content (AvgIpc) is 2.72. The van der Waals surface area contributed by atoms with Crippen molar-refractivity contribution < 1.29 is 9.18 Å². The Morgan fingerprint density at radius 1 is 1.44 bits per heavy atom. The quantitative estimate of drug-likeness (QED) is 0.890. The van der Waals surface area contributed by atoms with Crippen LogP contribution in [0.5, 0.6) is 0 Å². The smallest absolute Gasteiger partial charge is 0.224 e. The summed E-state index contributed by atoms with van der Waals surface area (Å²) in [6.45, 7) is 3.16. The molecule has 0 bridgehead atoms. The second kappa shape index (κ2) is 5.48. The van der Waals surface area contributed by atoms with Crippen molar-refractivity contribution in [1.82, 2.24) is 4.90 Å².